The molecule has 0 aliphatic rings. The van der Waals surface area contributed by atoms with Crippen LogP contribution in [-0.2, 0) is 4.74 Å². The molecule has 0 atom stereocenters. The summed E-state index contributed by atoms with van der Waals surface area (Å²) in [5.74, 6) is 1.51. The van der Waals surface area contributed by atoms with Crippen molar-refractivity contribution >= 4 is 27.6 Å². The maximum atomic E-state index is 8.52. The third-order valence-corrected chi connectivity index (χ3v) is 2.77. The number of rotatable bonds is 8. The van der Waals surface area contributed by atoms with Gasteiger partial charge < -0.3 is 20.5 Å². The molecule has 17 heavy (non-hydrogen) atoms. The first-order valence-electron chi connectivity index (χ1n) is 5.40. The van der Waals surface area contributed by atoms with Crippen molar-refractivity contribution in [3.05, 3.63) is 10.8 Å². The van der Waals surface area contributed by atoms with Crippen molar-refractivity contribution in [3.63, 3.8) is 0 Å². The molecule has 0 radical (unpaired) electrons. The van der Waals surface area contributed by atoms with Crippen LogP contribution in [0.1, 0.15) is 6.42 Å². The minimum atomic E-state index is 0.0659. The second kappa shape index (κ2) is 8.21. The minimum absolute atomic E-state index is 0.0659. The Hall–Kier alpha value is -0.920. The highest BCUT2D eigenvalue weighted by Gasteiger charge is 2.05. The van der Waals surface area contributed by atoms with Crippen molar-refractivity contribution < 1.29 is 9.84 Å². The first-order valence-corrected chi connectivity index (χ1v) is 6.19. The number of halogens is 1. The van der Waals surface area contributed by atoms with Gasteiger partial charge in [0.05, 0.1) is 13.2 Å². The van der Waals surface area contributed by atoms with E-state index in [-0.39, 0.29) is 6.61 Å². The lowest BCUT2D eigenvalue weighted by Crippen LogP contribution is -2.09. The molecule has 0 bridgehead atoms. The summed E-state index contributed by atoms with van der Waals surface area (Å²) in [7, 11) is 1.81. The summed E-state index contributed by atoms with van der Waals surface area (Å²) in [6.07, 6.45) is 2.35. The van der Waals surface area contributed by atoms with Crippen LogP contribution in [0, 0.1) is 0 Å². The number of nitrogens with one attached hydrogen (secondary N) is 2. The van der Waals surface area contributed by atoms with Gasteiger partial charge in [0.25, 0.3) is 0 Å². The number of aromatic nitrogens is 2. The van der Waals surface area contributed by atoms with Crippen LogP contribution in [0.5, 0.6) is 0 Å². The van der Waals surface area contributed by atoms with E-state index in [1.54, 1.807) is 7.05 Å². The number of aliphatic hydroxyl groups is 1. The molecule has 0 amide bonds. The van der Waals surface area contributed by atoms with E-state index in [0.717, 1.165) is 29.1 Å². The van der Waals surface area contributed by atoms with E-state index in [1.165, 1.54) is 6.33 Å². The normalized spacial score (nSPS) is 10.3. The fourth-order valence-electron chi connectivity index (χ4n) is 1.22. The molecule has 0 saturated carbocycles. The predicted molar refractivity (Wildman–Crippen MR) is 70.3 cm³/mol. The van der Waals surface area contributed by atoms with Crippen LogP contribution in [-0.4, -0.2) is 48.5 Å². The molecule has 0 aromatic carbocycles. The Kier molecular flexibility index (Phi) is 6.83. The van der Waals surface area contributed by atoms with E-state index >= 15 is 0 Å². The summed E-state index contributed by atoms with van der Waals surface area (Å²) >= 11 is 3.42. The lowest BCUT2D eigenvalue weighted by atomic mass is 10.4. The van der Waals surface area contributed by atoms with Gasteiger partial charge in [-0.3, -0.25) is 0 Å². The van der Waals surface area contributed by atoms with Gasteiger partial charge in [0.2, 0.25) is 0 Å². The number of hydrogen-bond acceptors (Lipinski definition) is 6. The van der Waals surface area contributed by atoms with Gasteiger partial charge in [-0.2, -0.15) is 0 Å². The second-order valence-corrected chi connectivity index (χ2v) is 4.04. The van der Waals surface area contributed by atoms with Crippen LogP contribution in [0.2, 0.25) is 0 Å². The molecule has 7 heteroatoms. The van der Waals surface area contributed by atoms with Gasteiger partial charge in [-0.05, 0) is 22.4 Å². The van der Waals surface area contributed by atoms with Gasteiger partial charge >= 0.3 is 0 Å². The number of anilines is 2. The topological polar surface area (TPSA) is 79.3 Å². The lowest BCUT2D eigenvalue weighted by molar-refractivity contribution is 0.0922. The Labute approximate surface area is 109 Å². The zero-order chi connectivity index (χ0) is 12.5. The van der Waals surface area contributed by atoms with Crippen LogP contribution in [0.3, 0.4) is 0 Å². The van der Waals surface area contributed by atoms with Gasteiger partial charge in [0.1, 0.15) is 22.4 Å². The SMILES string of the molecule is CNc1ncnc(NCCCOCCO)c1Br. The molecule has 0 spiro atoms. The summed E-state index contributed by atoms with van der Waals surface area (Å²) in [5, 5.41) is 14.7. The molecule has 0 saturated heterocycles. The van der Waals surface area contributed by atoms with Crippen LogP contribution in [0.4, 0.5) is 11.6 Å². The highest BCUT2D eigenvalue weighted by molar-refractivity contribution is 9.10. The average Bonchev–Trinajstić information content (AvgIpc) is 2.35. The van der Waals surface area contributed by atoms with E-state index in [2.05, 4.69) is 36.5 Å². The van der Waals surface area contributed by atoms with Crippen LogP contribution < -0.4 is 10.6 Å². The molecule has 0 unspecified atom stereocenters. The second-order valence-electron chi connectivity index (χ2n) is 3.25. The first-order chi connectivity index (χ1) is 8.29. The fraction of sp³-hybridized carbons (Fsp3) is 0.600. The van der Waals surface area contributed by atoms with E-state index in [1.807, 2.05) is 0 Å². The van der Waals surface area contributed by atoms with Gasteiger partial charge in [0.15, 0.2) is 0 Å². The third-order valence-electron chi connectivity index (χ3n) is 2.02. The molecule has 1 aromatic rings. The van der Waals surface area contributed by atoms with Crippen molar-refractivity contribution in [2.45, 2.75) is 6.42 Å². The average molecular weight is 305 g/mol. The molecule has 0 aliphatic carbocycles. The number of aliphatic hydroxyl groups excluding tert-OH is 1. The van der Waals surface area contributed by atoms with Gasteiger partial charge in [-0.1, -0.05) is 0 Å². The van der Waals surface area contributed by atoms with E-state index in [0.29, 0.717) is 13.2 Å². The molecule has 0 aliphatic heterocycles. The summed E-state index contributed by atoms with van der Waals surface area (Å²) in [6, 6.07) is 0. The van der Waals surface area contributed by atoms with E-state index < -0.39 is 0 Å². The molecule has 3 N–H and O–H groups in total. The van der Waals surface area contributed by atoms with Crippen molar-refractivity contribution in [2.75, 3.05) is 44.0 Å². The summed E-state index contributed by atoms with van der Waals surface area (Å²) in [4.78, 5) is 8.20. The molecule has 0 fully saturated rings. The molecule has 6 nitrogen and oxygen atoms in total. The molecule has 1 heterocycles. The maximum absolute atomic E-state index is 8.52. The number of ether oxygens (including phenoxy) is 1. The number of nitrogens with zero attached hydrogens (tertiary/aromatic N) is 2. The Morgan fingerprint density at radius 2 is 2.12 bits per heavy atom. The van der Waals surface area contributed by atoms with E-state index in [9.17, 15) is 0 Å². The first kappa shape index (κ1) is 14.1. The van der Waals surface area contributed by atoms with Crippen molar-refractivity contribution in [1.29, 1.82) is 0 Å². The van der Waals surface area contributed by atoms with Gasteiger partial charge in [-0.15, -0.1) is 0 Å². The van der Waals surface area contributed by atoms with Gasteiger partial charge in [0, 0.05) is 20.2 Å². The monoisotopic (exact) mass is 304 g/mol. The van der Waals surface area contributed by atoms with Crippen LogP contribution in [0.25, 0.3) is 0 Å². The molecular formula is C10H17BrN4O2. The Morgan fingerprint density at radius 3 is 2.82 bits per heavy atom. The van der Waals surface area contributed by atoms with Crippen LogP contribution >= 0.6 is 15.9 Å². The standard InChI is InChI=1S/C10H17BrN4O2/c1-12-9-8(11)10(15-7-14-9)13-3-2-5-17-6-4-16/h7,16H,2-6H2,1H3,(H2,12,13,14,15). The zero-order valence-electron chi connectivity index (χ0n) is 9.74. The Morgan fingerprint density at radius 1 is 1.35 bits per heavy atom. The van der Waals surface area contributed by atoms with Crippen molar-refractivity contribution in [3.8, 4) is 0 Å². The van der Waals surface area contributed by atoms with Crippen LogP contribution in [0.15, 0.2) is 10.8 Å². The molecular weight excluding hydrogens is 288 g/mol. The molecule has 96 valence electrons. The zero-order valence-corrected chi connectivity index (χ0v) is 11.3. The summed E-state index contributed by atoms with van der Waals surface area (Å²) in [5.41, 5.74) is 0. The summed E-state index contributed by atoms with van der Waals surface area (Å²) < 4.78 is 5.97. The number of hydrogen-bond donors (Lipinski definition) is 3. The smallest absolute Gasteiger partial charge is 0.145 e. The lowest BCUT2D eigenvalue weighted by Gasteiger charge is -2.09. The largest absolute Gasteiger partial charge is 0.394 e. The highest BCUT2D eigenvalue weighted by Crippen LogP contribution is 2.25. The Balaban J connectivity index is 2.31. The van der Waals surface area contributed by atoms with E-state index in [4.69, 9.17) is 9.84 Å². The predicted octanol–water partition coefficient (Wildman–Crippen LogP) is 1.09. The third kappa shape index (κ3) is 4.84. The van der Waals surface area contributed by atoms with Crippen molar-refractivity contribution in [2.24, 2.45) is 0 Å². The van der Waals surface area contributed by atoms with Crippen molar-refractivity contribution in [1.82, 2.24) is 9.97 Å². The minimum Gasteiger partial charge on any atom is -0.394 e. The maximum Gasteiger partial charge on any atom is 0.145 e. The molecule has 1 aromatic heterocycles. The van der Waals surface area contributed by atoms with Gasteiger partial charge in [-0.25, -0.2) is 9.97 Å². The fourth-order valence-corrected chi connectivity index (χ4v) is 1.76. The quantitative estimate of drug-likeness (QED) is 0.624. The molecule has 1 rings (SSSR count). The highest BCUT2D eigenvalue weighted by atomic mass is 79.9. The summed E-state index contributed by atoms with van der Waals surface area (Å²) in [6.45, 7) is 1.83. The Bertz CT molecular complexity index is 338.